The highest BCUT2D eigenvalue weighted by atomic mass is 15.3. The summed E-state index contributed by atoms with van der Waals surface area (Å²) in [5, 5.41) is 0. The van der Waals surface area contributed by atoms with Crippen LogP contribution in [0.15, 0.2) is 49.6 Å². The van der Waals surface area contributed by atoms with Crippen LogP contribution in [0, 0.1) is 0 Å². The van der Waals surface area contributed by atoms with Crippen LogP contribution in [0.3, 0.4) is 0 Å². The van der Waals surface area contributed by atoms with Crippen molar-refractivity contribution in [3.63, 3.8) is 0 Å². The van der Waals surface area contributed by atoms with Crippen molar-refractivity contribution >= 4 is 5.57 Å². The molecule has 1 nitrogen and oxygen atoms in total. The van der Waals surface area contributed by atoms with Crippen molar-refractivity contribution in [2.75, 3.05) is 27.2 Å². The number of hydrogen-bond donors (Lipinski definition) is 0. The predicted octanol–water partition coefficient (Wildman–Crippen LogP) is 3.35. The van der Waals surface area contributed by atoms with Crippen molar-refractivity contribution in [2.45, 2.75) is 6.42 Å². The van der Waals surface area contributed by atoms with Crippen LogP contribution in [0.1, 0.15) is 12.0 Å². The van der Waals surface area contributed by atoms with Gasteiger partial charge in [0.2, 0.25) is 0 Å². The third-order valence-electron chi connectivity index (χ3n) is 2.74. The molecule has 0 unspecified atom stereocenters. The van der Waals surface area contributed by atoms with Crippen LogP contribution >= 0.6 is 0 Å². The molecular weight excluding hydrogens is 194 g/mol. The molecule has 0 radical (unpaired) electrons. The van der Waals surface area contributed by atoms with Crippen LogP contribution in [0.5, 0.6) is 0 Å². The molecule has 0 atom stereocenters. The van der Waals surface area contributed by atoms with Crippen molar-refractivity contribution in [1.29, 1.82) is 0 Å². The molecular formula is C15H22N+. The molecule has 0 heterocycles. The molecule has 0 fully saturated rings. The molecule has 0 N–H and O–H groups in total. The Morgan fingerprint density at radius 3 is 2.44 bits per heavy atom. The van der Waals surface area contributed by atoms with E-state index in [0.717, 1.165) is 24.0 Å². The second kappa shape index (κ2) is 5.66. The molecule has 0 saturated heterocycles. The van der Waals surface area contributed by atoms with Gasteiger partial charge < -0.3 is 4.48 Å². The summed E-state index contributed by atoms with van der Waals surface area (Å²) >= 11 is 0. The van der Waals surface area contributed by atoms with Crippen molar-refractivity contribution in [1.82, 2.24) is 0 Å². The van der Waals surface area contributed by atoms with Crippen LogP contribution in [-0.2, 0) is 0 Å². The predicted molar refractivity (Wildman–Crippen MR) is 72.1 cm³/mol. The highest BCUT2D eigenvalue weighted by molar-refractivity contribution is 5.63. The van der Waals surface area contributed by atoms with E-state index in [1.54, 1.807) is 0 Å². The monoisotopic (exact) mass is 216 g/mol. The summed E-state index contributed by atoms with van der Waals surface area (Å²) in [6.07, 6.45) is 3.03. The van der Waals surface area contributed by atoms with Crippen molar-refractivity contribution < 1.29 is 4.48 Å². The van der Waals surface area contributed by atoms with E-state index in [1.165, 1.54) is 11.1 Å². The molecule has 0 aromatic heterocycles. The molecule has 0 bridgehead atoms. The second-order valence-corrected chi connectivity index (χ2v) is 4.86. The lowest BCUT2D eigenvalue weighted by Crippen LogP contribution is -2.41. The maximum Gasteiger partial charge on any atom is 0.104 e. The normalized spacial score (nSPS) is 11.1. The standard InChI is InChI=1S/C15H22N/c1-5-6-12-16(3,4)13-14(2)15-10-8-7-9-11-15/h5,7-11H,1-2,6,12-13H2,3-4H3/q+1. The minimum atomic E-state index is 0.958. The SMILES string of the molecule is C=CCC[N+](C)(C)CC(=C)c1ccccc1. The summed E-state index contributed by atoms with van der Waals surface area (Å²) in [6.45, 7) is 10.0. The third-order valence-corrected chi connectivity index (χ3v) is 2.74. The van der Waals surface area contributed by atoms with Crippen LogP contribution in [0.4, 0.5) is 0 Å². The Morgan fingerprint density at radius 1 is 1.25 bits per heavy atom. The first-order valence-corrected chi connectivity index (χ1v) is 5.71. The minimum absolute atomic E-state index is 0.958. The van der Waals surface area contributed by atoms with Gasteiger partial charge in [0.1, 0.15) is 6.54 Å². The van der Waals surface area contributed by atoms with Gasteiger partial charge in [-0.1, -0.05) is 43.0 Å². The Labute approximate surface area is 99.3 Å². The van der Waals surface area contributed by atoms with Crippen molar-refractivity contribution in [3.8, 4) is 0 Å². The topological polar surface area (TPSA) is 0 Å². The number of hydrogen-bond acceptors (Lipinski definition) is 0. The number of quaternary nitrogens is 1. The maximum atomic E-state index is 4.18. The average molecular weight is 216 g/mol. The summed E-state index contributed by atoms with van der Waals surface area (Å²) in [4.78, 5) is 0. The molecule has 0 amide bonds. The molecule has 16 heavy (non-hydrogen) atoms. The van der Waals surface area contributed by atoms with E-state index in [9.17, 15) is 0 Å². The highest BCUT2D eigenvalue weighted by Gasteiger charge is 2.15. The lowest BCUT2D eigenvalue weighted by Gasteiger charge is -2.30. The summed E-state index contributed by atoms with van der Waals surface area (Å²) in [5.74, 6) is 0. The lowest BCUT2D eigenvalue weighted by molar-refractivity contribution is -0.882. The van der Waals surface area contributed by atoms with Gasteiger partial charge in [0.25, 0.3) is 0 Å². The van der Waals surface area contributed by atoms with Gasteiger partial charge in [0, 0.05) is 12.0 Å². The molecule has 0 saturated carbocycles. The van der Waals surface area contributed by atoms with E-state index in [0.29, 0.717) is 0 Å². The van der Waals surface area contributed by atoms with E-state index >= 15 is 0 Å². The fourth-order valence-electron chi connectivity index (χ4n) is 1.80. The Hall–Kier alpha value is -1.34. The van der Waals surface area contributed by atoms with Gasteiger partial charge in [-0.25, -0.2) is 0 Å². The largest absolute Gasteiger partial charge is 0.324 e. The zero-order valence-corrected chi connectivity index (χ0v) is 10.4. The maximum absolute atomic E-state index is 4.18. The quantitative estimate of drug-likeness (QED) is 0.505. The molecule has 1 rings (SSSR count). The zero-order valence-electron chi connectivity index (χ0n) is 10.4. The first-order chi connectivity index (χ1) is 7.55. The Balaban J connectivity index is 2.60. The first-order valence-electron chi connectivity index (χ1n) is 5.71. The number of benzene rings is 1. The van der Waals surface area contributed by atoms with E-state index in [4.69, 9.17) is 0 Å². The van der Waals surface area contributed by atoms with Gasteiger partial charge in [-0.3, -0.25) is 0 Å². The Bertz CT molecular complexity index is 349. The average Bonchev–Trinajstić information content (AvgIpc) is 2.27. The molecule has 1 aromatic rings. The fraction of sp³-hybridized carbons (Fsp3) is 0.333. The van der Waals surface area contributed by atoms with Crippen molar-refractivity contribution in [3.05, 3.63) is 55.1 Å². The molecule has 86 valence electrons. The van der Waals surface area contributed by atoms with Gasteiger partial charge in [0.05, 0.1) is 20.6 Å². The van der Waals surface area contributed by atoms with Gasteiger partial charge >= 0.3 is 0 Å². The summed E-state index contributed by atoms with van der Waals surface area (Å²) in [6, 6.07) is 10.4. The minimum Gasteiger partial charge on any atom is -0.324 e. The van der Waals surface area contributed by atoms with Crippen LogP contribution in [0.2, 0.25) is 0 Å². The molecule has 0 aliphatic heterocycles. The van der Waals surface area contributed by atoms with Gasteiger partial charge in [0.15, 0.2) is 0 Å². The highest BCUT2D eigenvalue weighted by Crippen LogP contribution is 2.15. The molecule has 1 aromatic carbocycles. The van der Waals surface area contributed by atoms with Crippen molar-refractivity contribution in [2.24, 2.45) is 0 Å². The van der Waals surface area contributed by atoms with Crippen LogP contribution in [-0.4, -0.2) is 31.7 Å². The second-order valence-electron chi connectivity index (χ2n) is 4.86. The fourth-order valence-corrected chi connectivity index (χ4v) is 1.80. The van der Waals surface area contributed by atoms with Crippen LogP contribution in [0.25, 0.3) is 5.57 Å². The Morgan fingerprint density at radius 2 is 1.88 bits per heavy atom. The van der Waals surface area contributed by atoms with E-state index in [2.05, 4.69) is 51.5 Å². The van der Waals surface area contributed by atoms with Crippen LogP contribution < -0.4 is 0 Å². The summed E-state index contributed by atoms with van der Waals surface area (Å²) < 4.78 is 0.958. The molecule has 1 heteroatoms. The number of likely N-dealkylation sites (N-methyl/N-ethyl adjacent to an activating group) is 1. The summed E-state index contributed by atoms with van der Waals surface area (Å²) in [5.41, 5.74) is 2.45. The zero-order chi connectivity index (χ0) is 12.0. The van der Waals surface area contributed by atoms with E-state index < -0.39 is 0 Å². The first kappa shape index (κ1) is 12.7. The van der Waals surface area contributed by atoms with Gasteiger partial charge in [-0.15, -0.1) is 6.58 Å². The van der Waals surface area contributed by atoms with Gasteiger partial charge in [-0.05, 0) is 5.56 Å². The number of nitrogens with zero attached hydrogens (tertiary/aromatic N) is 1. The molecule has 0 aliphatic rings. The third kappa shape index (κ3) is 4.03. The molecule has 0 aliphatic carbocycles. The van der Waals surface area contributed by atoms with E-state index in [1.807, 2.05) is 12.1 Å². The number of rotatable bonds is 6. The lowest BCUT2D eigenvalue weighted by atomic mass is 10.1. The van der Waals surface area contributed by atoms with E-state index in [-0.39, 0.29) is 0 Å². The summed E-state index contributed by atoms with van der Waals surface area (Å²) in [7, 11) is 4.47. The Kier molecular flexibility index (Phi) is 4.51. The molecule has 0 spiro atoms. The van der Waals surface area contributed by atoms with Gasteiger partial charge in [-0.2, -0.15) is 0 Å². The smallest absolute Gasteiger partial charge is 0.104 e.